The summed E-state index contributed by atoms with van der Waals surface area (Å²) >= 11 is 1.67. The van der Waals surface area contributed by atoms with Gasteiger partial charge in [0.1, 0.15) is 4.83 Å². The lowest BCUT2D eigenvalue weighted by Crippen LogP contribution is -2.50. The monoisotopic (exact) mass is 306 g/mol. The van der Waals surface area contributed by atoms with E-state index in [0.29, 0.717) is 19.8 Å². The summed E-state index contributed by atoms with van der Waals surface area (Å²) in [7, 11) is 0. The summed E-state index contributed by atoms with van der Waals surface area (Å²) in [6.07, 6.45) is 6.05. The van der Waals surface area contributed by atoms with Crippen LogP contribution in [-0.2, 0) is 24.1 Å². The second-order valence-corrected chi connectivity index (χ2v) is 7.30. The summed E-state index contributed by atoms with van der Waals surface area (Å²) in [5.74, 6) is 0. The van der Waals surface area contributed by atoms with E-state index in [2.05, 4.69) is 4.98 Å². The summed E-state index contributed by atoms with van der Waals surface area (Å²) in [4.78, 5) is 19.5. The number of nitrogens with zero attached hydrogens (tertiary/aromatic N) is 2. The van der Waals surface area contributed by atoms with Gasteiger partial charge in [-0.15, -0.1) is 11.3 Å². The first-order valence-corrected chi connectivity index (χ1v) is 8.22. The van der Waals surface area contributed by atoms with E-state index < -0.39 is 0 Å². The van der Waals surface area contributed by atoms with E-state index in [-0.39, 0.29) is 17.6 Å². The molecular formula is C15H18N2O3S. The quantitative estimate of drug-likeness (QED) is 0.929. The van der Waals surface area contributed by atoms with Crippen LogP contribution in [0.4, 0.5) is 0 Å². The van der Waals surface area contributed by atoms with Crippen LogP contribution < -0.4 is 5.56 Å². The first-order chi connectivity index (χ1) is 10.2. The zero-order chi connectivity index (χ0) is 14.4. The topological polar surface area (TPSA) is 64.4 Å². The van der Waals surface area contributed by atoms with Gasteiger partial charge in [-0.2, -0.15) is 0 Å². The fraction of sp³-hybridized carbons (Fsp3) is 0.600. The molecule has 0 unspecified atom stereocenters. The van der Waals surface area contributed by atoms with Gasteiger partial charge in [-0.05, 0) is 31.2 Å². The van der Waals surface area contributed by atoms with Gasteiger partial charge in [-0.3, -0.25) is 9.36 Å². The van der Waals surface area contributed by atoms with Crippen LogP contribution >= 0.6 is 11.3 Å². The van der Waals surface area contributed by atoms with Crippen molar-refractivity contribution in [1.82, 2.24) is 9.55 Å². The van der Waals surface area contributed by atoms with Crippen molar-refractivity contribution in [2.45, 2.75) is 32.2 Å². The molecule has 6 heteroatoms. The van der Waals surface area contributed by atoms with Crippen LogP contribution in [0.3, 0.4) is 0 Å². The number of rotatable bonds is 3. The molecule has 1 saturated heterocycles. The number of hydrogen-bond donors (Lipinski definition) is 1. The number of thiophene rings is 1. The Kier molecular flexibility index (Phi) is 3.13. The van der Waals surface area contributed by atoms with Gasteiger partial charge in [0.05, 0.1) is 36.9 Å². The van der Waals surface area contributed by atoms with E-state index in [0.717, 1.165) is 29.5 Å². The Morgan fingerprint density at radius 2 is 2.19 bits per heavy atom. The average Bonchev–Trinajstić information content (AvgIpc) is 2.84. The van der Waals surface area contributed by atoms with Gasteiger partial charge in [0.25, 0.3) is 5.56 Å². The Bertz CT molecular complexity index is 740. The predicted molar refractivity (Wildman–Crippen MR) is 80.9 cm³/mol. The highest BCUT2D eigenvalue weighted by molar-refractivity contribution is 7.18. The molecule has 1 N–H and O–H groups in total. The summed E-state index contributed by atoms with van der Waals surface area (Å²) in [6, 6.07) is 0. The molecule has 2 aliphatic rings. The first kappa shape index (κ1) is 13.4. The van der Waals surface area contributed by atoms with E-state index in [4.69, 9.17) is 4.74 Å². The fourth-order valence-electron chi connectivity index (χ4n) is 3.28. The highest BCUT2D eigenvalue weighted by atomic mass is 32.1. The van der Waals surface area contributed by atoms with Gasteiger partial charge in [0.15, 0.2) is 0 Å². The largest absolute Gasteiger partial charge is 0.396 e. The molecule has 0 amide bonds. The van der Waals surface area contributed by atoms with Crippen molar-refractivity contribution in [2.75, 3.05) is 19.8 Å². The van der Waals surface area contributed by atoms with E-state index in [1.165, 1.54) is 16.9 Å². The van der Waals surface area contributed by atoms with E-state index >= 15 is 0 Å². The minimum Gasteiger partial charge on any atom is -0.396 e. The molecular weight excluding hydrogens is 288 g/mol. The molecule has 0 aromatic carbocycles. The van der Waals surface area contributed by atoms with Crippen LogP contribution in [0.25, 0.3) is 10.2 Å². The molecule has 1 aliphatic carbocycles. The van der Waals surface area contributed by atoms with Gasteiger partial charge in [-0.1, -0.05) is 0 Å². The molecule has 5 nitrogen and oxygen atoms in total. The third-order valence-electron chi connectivity index (χ3n) is 4.60. The molecule has 4 rings (SSSR count). The highest BCUT2D eigenvalue weighted by Gasteiger charge is 2.39. The van der Waals surface area contributed by atoms with Gasteiger partial charge in [0.2, 0.25) is 0 Å². The molecule has 0 spiro atoms. The van der Waals surface area contributed by atoms with Crippen molar-refractivity contribution < 1.29 is 9.84 Å². The summed E-state index contributed by atoms with van der Waals surface area (Å²) < 4.78 is 6.87. The van der Waals surface area contributed by atoms with Gasteiger partial charge in [0, 0.05) is 11.4 Å². The Morgan fingerprint density at radius 3 is 2.90 bits per heavy atom. The summed E-state index contributed by atoms with van der Waals surface area (Å²) in [6.45, 7) is 1.54. The average molecular weight is 306 g/mol. The number of aromatic nitrogens is 2. The molecule has 1 aliphatic heterocycles. The zero-order valence-corrected chi connectivity index (χ0v) is 12.6. The maximum atomic E-state index is 12.8. The first-order valence-electron chi connectivity index (χ1n) is 7.41. The van der Waals surface area contributed by atoms with Gasteiger partial charge >= 0.3 is 0 Å². The normalized spacial score (nSPS) is 20.2. The van der Waals surface area contributed by atoms with E-state index in [9.17, 15) is 9.90 Å². The molecule has 0 atom stereocenters. The molecule has 0 saturated carbocycles. The van der Waals surface area contributed by atoms with Crippen LogP contribution in [0.2, 0.25) is 0 Å². The van der Waals surface area contributed by atoms with Crippen molar-refractivity contribution in [2.24, 2.45) is 5.41 Å². The SMILES string of the molecule is O=c1c2c3c(sc2ncn1CC1(CO)COC1)CCCC3. The molecule has 21 heavy (non-hydrogen) atoms. The minimum absolute atomic E-state index is 0.0409. The van der Waals surface area contributed by atoms with E-state index in [1.807, 2.05) is 0 Å². The van der Waals surface area contributed by atoms with Crippen molar-refractivity contribution >= 4 is 21.6 Å². The predicted octanol–water partition coefficient (Wildman–Crippen LogP) is 1.35. The number of aliphatic hydroxyl groups is 1. The molecule has 0 radical (unpaired) electrons. The number of hydrogen-bond acceptors (Lipinski definition) is 5. The smallest absolute Gasteiger partial charge is 0.262 e. The maximum absolute atomic E-state index is 12.8. The molecule has 0 bridgehead atoms. The lowest BCUT2D eigenvalue weighted by molar-refractivity contribution is -0.145. The molecule has 112 valence electrons. The van der Waals surface area contributed by atoms with Gasteiger partial charge in [-0.25, -0.2) is 4.98 Å². The summed E-state index contributed by atoms with van der Waals surface area (Å²) in [5.41, 5.74) is 0.949. The summed E-state index contributed by atoms with van der Waals surface area (Å²) in [5, 5.41) is 10.4. The van der Waals surface area contributed by atoms with Crippen LogP contribution in [-0.4, -0.2) is 34.5 Å². The standard InChI is InChI=1S/C15H18N2O3S/c18-6-15(7-20-8-15)5-17-9-16-13-12(14(17)19)10-3-1-2-4-11(10)21-13/h9,18H,1-8H2. The molecule has 2 aromatic rings. The Hall–Kier alpha value is -1.24. The Morgan fingerprint density at radius 1 is 1.38 bits per heavy atom. The number of aryl methyl sites for hydroxylation is 2. The van der Waals surface area contributed by atoms with Gasteiger partial charge < -0.3 is 9.84 Å². The van der Waals surface area contributed by atoms with Crippen LogP contribution in [0, 0.1) is 5.41 Å². The third kappa shape index (κ3) is 2.05. The minimum atomic E-state index is -0.310. The molecule has 2 aromatic heterocycles. The van der Waals surface area contributed by atoms with Crippen LogP contribution in [0.5, 0.6) is 0 Å². The van der Waals surface area contributed by atoms with Crippen molar-refractivity contribution in [3.8, 4) is 0 Å². The Labute approximate surface area is 126 Å². The van der Waals surface area contributed by atoms with Crippen LogP contribution in [0.15, 0.2) is 11.1 Å². The Balaban J connectivity index is 1.80. The molecule has 1 fully saturated rings. The maximum Gasteiger partial charge on any atom is 0.262 e. The lowest BCUT2D eigenvalue weighted by Gasteiger charge is -2.39. The number of ether oxygens (including phenoxy) is 1. The molecule has 3 heterocycles. The second kappa shape index (κ2) is 4.90. The fourth-order valence-corrected chi connectivity index (χ4v) is 4.50. The highest BCUT2D eigenvalue weighted by Crippen LogP contribution is 2.34. The lowest BCUT2D eigenvalue weighted by atomic mass is 9.87. The number of aliphatic hydroxyl groups excluding tert-OH is 1. The van der Waals surface area contributed by atoms with E-state index in [1.54, 1.807) is 22.2 Å². The van der Waals surface area contributed by atoms with Crippen molar-refractivity contribution in [3.05, 3.63) is 27.1 Å². The van der Waals surface area contributed by atoms with Crippen molar-refractivity contribution in [1.29, 1.82) is 0 Å². The third-order valence-corrected chi connectivity index (χ3v) is 5.80. The van der Waals surface area contributed by atoms with Crippen LogP contribution in [0.1, 0.15) is 23.3 Å². The van der Waals surface area contributed by atoms with Crippen molar-refractivity contribution in [3.63, 3.8) is 0 Å². The zero-order valence-electron chi connectivity index (χ0n) is 11.8. The second-order valence-electron chi connectivity index (χ2n) is 6.22. The number of fused-ring (bicyclic) bond motifs is 3.